The summed E-state index contributed by atoms with van der Waals surface area (Å²) in [6.07, 6.45) is 0.767. The number of rotatable bonds is 2. The second kappa shape index (κ2) is 4.88. The first kappa shape index (κ1) is 12.0. The summed E-state index contributed by atoms with van der Waals surface area (Å²) in [7, 11) is 0. The summed E-state index contributed by atoms with van der Waals surface area (Å²) in [5.41, 5.74) is 3.07. The lowest BCUT2D eigenvalue weighted by atomic mass is 9.89. The van der Waals surface area contributed by atoms with E-state index in [9.17, 15) is 4.79 Å². The van der Waals surface area contributed by atoms with E-state index >= 15 is 0 Å². The van der Waals surface area contributed by atoms with Crippen LogP contribution in [-0.2, 0) is 6.42 Å². The van der Waals surface area contributed by atoms with Gasteiger partial charge in [0, 0.05) is 5.56 Å². The lowest BCUT2D eigenvalue weighted by Crippen LogP contribution is -2.28. The second-order valence-corrected chi connectivity index (χ2v) is 5.05. The molecule has 2 aromatic carbocycles. The Morgan fingerprint density at radius 1 is 1.11 bits per heavy atom. The van der Waals surface area contributed by atoms with Crippen LogP contribution in [0.4, 0.5) is 0 Å². The molecular formula is C17H16O2. The van der Waals surface area contributed by atoms with E-state index in [4.69, 9.17) is 4.74 Å². The van der Waals surface area contributed by atoms with Gasteiger partial charge in [0.1, 0.15) is 5.75 Å². The highest BCUT2D eigenvalue weighted by atomic mass is 16.5. The molecule has 0 saturated carbocycles. The fourth-order valence-electron chi connectivity index (χ4n) is 2.45. The van der Waals surface area contributed by atoms with Crippen LogP contribution in [0.1, 0.15) is 21.5 Å². The molecule has 0 spiro atoms. The molecule has 3 rings (SSSR count). The van der Waals surface area contributed by atoms with Crippen LogP contribution in [0.2, 0.25) is 0 Å². The van der Waals surface area contributed by atoms with E-state index in [2.05, 4.69) is 0 Å². The molecule has 1 heterocycles. The molecule has 1 unspecified atom stereocenters. The number of Topliss-reactive ketones (excluding diaryl/α,β-unsaturated/α-hetero) is 1. The summed E-state index contributed by atoms with van der Waals surface area (Å²) >= 11 is 0. The molecular weight excluding hydrogens is 236 g/mol. The van der Waals surface area contributed by atoms with Gasteiger partial charge in [0.25, 0.3) is 0 Å². The predicted molar refractivity (Wildman–Crippen MR) is 74.6 cm³/mol. The largest absolute Gasteiger partial charge is 0.493 e. The lowest BCUT2D eigenvalue weighted by molar-refractivity contribution is 0.0855. The highest BCUT2D eigenvalue weighted by molar-refractivity contribution is 5.98. The van der Waals surface area contributed by atoms with E-state index in [0.29, 0.717) is 6.61 Å². The van der Waals surface area contributed by atoms with Crippen LogP contribution in [0.15, 0.2) is 48.5 Å². The first-order valence-electron chi connectivity index (χ1n) is 6.55. The number of ketones is 1. The van der Waals surface area contributed by atoms with Gasteiger partial charge in [-0.05, 0) is 25.0 Å². The lowest BCUT2D eigenvalue weighted by Gasteiger charge is -2.24. The number of hydrogen-bond acceptors (Lipinski definition) is 2. The van der Waals surface area contributed by atoms with Crippen LogP contribution in [-0.4, -0.2) is 12.4 Å². The van der Waals surface area contributed by atoms with E-state index in [1.807, 2.05) is 55.5 Å². The Morgan fingerprint density at radius 3 is 2.63 bits per heavy atom. The Hall–Kier alpha value is -2.09. The third-order valence-corrected chi connectivity index (χ3v) is 3.59. The number of carbonyl (C=O) groups is 1. The molecule has 0 aromatic heterocycles. The highest BCUT2D eigenvalue weighted by Crippen LogP contribution is 2.28. The number of ether oxygens (including phenoxy) is 1. The minimum atomic E-state index is -0.0717. The molecule has 1 aliphatic rings. The molecule has 2 heteroatoms. The van der Waals surface area contributed by atoms with Gasteiger partial charge in [-0.1, -0.05) is 48.0 Å². The van der Waals surface area contributed by atoms with E-state index in [0.717, 1.165) is 23.3 Å². The maximum absolute atomic E-state index is 12.4. The van der Waals surface area contributed by atoms with Crippen molar-refractivity contribution in [3.63, 3.8) is 0 Å². The average Bonchev–Trinajstić information content (AvgIpc) is 2.47. The maximum Gasteiger partial charge on any atom is 0.169 e. The van der Waals surface area contributed by atoms with Gasteiger partial charge in [0.05, 0.1) is 12.5 Å². The van der Waals surface area contributed by atoms with E-state index in [1.54, 1.807) is 0 Å². The number of fused-ring (bicyclic) bond motifs is 1. The molecule has 1 aliphatic heterocycles. The third kappa shape index (κ3) is 2.39. The first-order chi connectivity index (χ1) is 9.24. The molecule has 0 amide bonds. The number of hydrogen-bond donors (Lipinski definition) is 0. The number of carbonyl (C=O) groups excluding carboxylic acids is 1. The number of aryl methyl sites for hydroxylation is 1. The Morgan fingerprint density at radius 2 is 1.84 bits per heavy atom. The first-order valence-corrected chi connectivity index (χ1v) is 6.55. The standard InChI is InChI=1S/C17H16O2/c1-12-6-8-13(9-7-12)17(18)15-10-14-4-2-3-5-16(14)19-11-15/h2-9,15H,10-11H2,1H3. The third-order valence-electron chi connectivity index (χ3n) is 3.59. The van der Waals surface area contributed by atoms with E-state index in [-0.39, 0.29) is 11.7 Å². The van der Waals surface area contributed by atoms with Crippen molar-refractivity contribution in [2.75, 3.05) is 6.61 Å². The van der Waals surface area contributed by atoms with Gasteiger partial charge in [0.2, 0.25) is 0 Å². The van der Waals surface area contributed by atoms with Crippen LogP contribution in [0, 0.1) is 12.8 Å². The van der Waals surface area contributed by atoms with E-state index in [1.165, 1.54) is 5.56 Å². The summed E-state index contributed by atoms with van der Waals surface area (Å²) in [4.78, 5) is 12.4. The monoisotopic (exact) mass is 252 g/mol. The summed E-state index contributed by atoms with van der Waals surface area (Å²) in [6.45, 7) is 2.50. The molecule has 19 heavy (non-hydrogen) atoms. The van der Waals surface area contributed by atoms with Gasteiger partial charge < -0.3 is 4.74 Å². The van der Waals surface area contributed by atoms with Crippen molar-refractivity contribution in [2.45, 2.75) is 13.3 Å². The molecule has 1 atom stereocenters. The Labute approximate surface area is 113 Å². The van der Waals surface area contributed by atoms with Gasteiger partial charge in [-0.25, -0.2) is 0 Å². The van der Waals surface area contributed by atoms with Crippen LogP contribution in [0.3, 0.4) is 0 Å². The molecule has 0 bridgehead atoms. The molecule has 2 nitrogen and oxygen atoms in total. The van der Waals surface area contributed by atoms with Crippen LogP contribution < -0.4 is 4.74 Å². The highest BCUT2D eigenvalue weighted by Gasteiger charge is 2.26. The number of para-hydroxylation sites is 1. The fourth-order valence-corrected chi connectivity index (χ4v) is 2.45. The van der Waals surface area contributed by atoms with Gasteiger partial charge in [-0.2, -0.15) is 0 Å². The van der Waals surface area contributed by atoms with Crippen molar-refractivity contribution < 1.29 is 9.53 Å². The normalized spacial score (nSPS) is 17.4. The van der Waals surface area contributed by atoms with Crippen molar-refractivity contribution in [1.29, 1.82) is 0 Å². The molecule has 96 valence electrons. The second-order valence-electron chi connectivity index (χ2n) is 5.05. The Kier molecular flexibility index (Phi) is 3.08. The zero-order chi connectivity index (χ0) is 13.2. The Balaban J connectivity index is 1.81. The van der Waals surface area contributed by atoms with Crippen molar-refractivity contribution in [3.05, 3.63) is 65.2 Å². The summed E-state index contributed by atoms with van der Waals surface area (Å²) in [5, 5.41) is 0. The zero-order valence-corrected chi connectivity index (χ0v) is 10.9. The van der Waals surface area contributed by atoms with Crippen molar-refractivity contribution in [1.82, 2.24) is 0 Å². The minimum absolute atomic E-state index is 0.0717. The van der Waals surface area contributed by atoms with Crippen molar-refractivity contribution in [3.8, 4) is 5.75 Å². The summed E-state index contributed by atoms with van der Waals surface area (Å²) in [6, 6.07) is 15.7. The molecule has 0 radical (unpaired) electrons. The SMILES string of the molecule is Cc1ccc(C(=O)C2COc3ccccc3C2)cc1. The van der Waals surface area contributed by atoms with Crippen LogP contribution in [0.25, 0.3) is 0 Å². The zero-order valence-electron chi connectivity index (χ0n) is 10.9. The Bertz CT molecular complexity index is 599. The summed E-state index contributed by atoms with van der Waals surface area (Å²) in [5.74, 6) is 1.02. The average molecular weight is 252 g/mol. The van der Waals surface area contributed by atoms with Gasteiger partial charge in [0.15, 0.2) is 5.78 Å². The number of benzene rings is 2. The molecule has 0 N–H and O–H groups in total. The van der Waals surface area contributed by atoms with Crippen molar-refractivity contribution in [2.24, 2.45) is 5.92 Å². The van der Waals surface area contributed by atoms with Crippen LogP contribution >= 0.6 is 0 Å². The van der Waals surface area contributed by atoms with Gasteiger partial charge in [-0.15, -0.1) is 0 Å². The molecule has 0 saturated heterocycles. The van der Waals surface area contributed by atoms with Crippen molar-refractivity contribution >= 4 is 5.78 Å². The van der Waals surface area contributed by atoms with Gasteiger partial charge >= 0.3 is 0 Å². The molecule has 2 aromatic rings. The summed E-state index contributed by atoms with van der Waals surface area (Å²) < 4.78 is 5.68. The van der Waals surface area contributed by atoms with E-state index < -0.39 is 0 Å². The minimum Gasteiger partial charge on any atom is -0.493 e. The van der Waals surface area contributed by atoms with Gasteiger partial charge in [-0.3, -0.25) is 4.79 Å². The maximum atomic E-state index is 12.4. The molecule has 0 fully saturated rings. The molecule has 0 aliphatic carbocycles. The topological polar surface area (TPSA) is 26.3 Å². The quantitative estimate of drug-likeness (QED) is 0.765. The van der Waals surface area contributed by atoms with Crippen LogP contribution in [0.5, 0.6) is 5.75 Å². The smallest absolute Gasteiger partial charge is 0.169 e. The fraction of sp³-hybridized carbons (Fsp3) is 0.235. The predicted octanol–water partition coefficient (Wildman–Crippen LogP) is 3.43.